The Morgan fingerprint density at radius 2 is 1.89 bits per heavy atom. The molecule has 1 rings (SSSR count). The van der Waals surface area contributed by atoms with Gasteiger partial charge in [0.15, 0.2) is 0 Å². The van der Waals surface area contributed by atoms with E-state index in [4.69, 9.17) is 19.9 Å². The van der Waals surface area contributed by atoms with E-state index >= 15 is 0 Å². The number of hydrogen-bond donors (Lipinski definition) is 1. The molecule has 0 amide bonds. The lowest BCUT2D eigenvalue weighted by Gasteiger charge is -2.20. The summed E-state index contributed by atoms with van der Waals surface area (Å²) < 4.78 is 16.5. The van der Waals surface area contributed by atoms with Gasteiger partial charge in [0.2, 0.25) is 0 Å². The normalized spacial score (nSPS) is 14.1. The van der Waals surface area contributed by atoms with Crippen LogP contribution in [0.25, 0.3) is 0 Å². The van der Waals surface area contributed by atoms with E-state index in [1.165, 1.54) is 0 Å². The van der Waals surface area contributed by atoms with E-state index in [9.17, 15) is 0 Å². The van der Waals surface area contributed by atoms with E-state index in [1.807, 2.05) is 39.0 Å². The quantitative estimate of drug-likeness (QED) is 0.811. The van der Waals surface area contributed by atoms with Crippen LogP contribution in [0.4, 0.5) is 0 Å². The summed E-state index contributed by atoms with van der Waals surface area (Å²) in [5, 5.41) is 0. The molecule has 0 bridgehead atoms. The molecule has 0 aliphatic heterocycles. The van der Waals surface area contributed by atoms with Gasteiger partial charge in [0.1, 0.15) is 17.6 Å². The molecule has 0 radical (unpaired) electrons. The molecule has 0 fully saturated rings. The highest BCUT2D eigenvalue weighted by molar-refractivity contribution is 5.46. The SMILES string of the molecule is CCOCC(C)Oc1cccc(OC)c1C(C)N. The molecule has 0 saturated heterocycles. The van der Waals surface area contributed by atoms with Crippen molar-refractivity contribution < 1.29 is 14.2 Å². The summed E-state index contributed by atoms with van der Waals surface area (Å²) in [6.45, 7) is 7.10. The minimum Gasteiger partial charge on any atom is -0.496 e. The first kappa shape index (κ1) is 14.8. The largest absolute Gasteiger partial charge is 0.496 e. The molecule has 0 spiro atoms. The maximum atomic E-state index is 5.98. The number of nitrogens with two attached hydrogens (primary N) is 1. The Labute approximate surface area is 109 Å². The Morgan fingerprint density at radius 1 is 1.22 bits per heavy atom. The second-order valence-electron chi connectivity index (χ2n) is 4.25. The fourth-order valence-electron chi connectivity index (χ4n) is 1.79. The first-order valence-electron chi connectivity index (χ1n) is 6.27. The van der Waals surface area contributed by atoms with Crippen LogP contribution in [0.15, 0.2) is 18.2 Å². The van der Waals surface area contributed by atoms with Gasteiger partial charge >= 0.3 is 0 Å². The standard InChI is InChI=1S/C14H23NO3/c1-5-17-9-10(2)18-13-8-6-7-12(16-4)14(13)11(3)15/h6-8,10-11H,5,9,15H2,1-4H3. The van der Waals surface area contributed by atoms with Crippen molar-refractivity contribution in [3.05, 3.63) is 23.8 Å². The molecule has 2 N–H and O–H groups in total. The Morgan fingerprint density at radius 3 is 2.44 bits per heavy atom. The molecule has 4 nitrogen and oxygen atoms in total. The first-order chi connectivity index (χ1) is 8.60. The van der Waals surface area contributed by atoms with E-state index in [1.54, 1.807) is 7.11 Å². The summed E-state index contributed by atoms with van der Waals surface area (Å²) in [4.78, 5) is 0. The van der Waals surface area contributed by atoms with Crippen molar-refractivity contribution in [2.24, 2.45) is 5.73 Å². The molecule has 102 valence electrons. The number of benzene rings is 1. The van der Waals surface area contributed by atoms with Gasteiger partial charge in [-0.25, -0.2) is 0 Å². The zero-order valence-corrected chi connectivity index (χ0v) is 11.6. The van der Waals surface area contributed by atoms with E-state index in [0.717, 1.165) is 17.1 Å². The molecular formula is C14H23NO3. The minimum absolute atomic E-state index is 0.0189. The predicted molar refractivity (Wildman–Crippen MR) is 72.2 cm³/mol. The Balaban J connectivity index is 2.87. The summed E-state index contributed by atoms with van der Waals surface area (Å²) in [6, 6.07) is 5.55. The number of methoxy groups -OCH3 is 1. The zero-order chi connectivity index (χ0) is 13.5. The van der Waals surface area contributed by atoms with Crippen LogP contribution < -0.4 is 15.2 Å². The Hall–Kier alpha value is -1.26. The van der Waals surface area contributed by atoms with Crippen molar-refractivity contribution in [1.29, 1.82) is 0 Å². The second kappa shape index (κ2) is 7.24. The van der Waals surface area contributed by atoms with Crippen LogP contribution in [0.1, 0.15) is 32.4 Å². The summed E-state index contributed by atoms with van der Waals surface area (Å²) in [5.74, 6) is 1.52. The maximum absolute atomic E-state index is 5.98. The molecule has 2 atom stereocenters. The number of rotatable bonds is 7. The lowest BCUT2D eigenvalue weighted by Crippen LogP contribution is -2.21. The molecule has 0 heterocycles. The Kier molecular flexibility index (Phi) is 5.95. The van der Waals surface area contributed by atoms with Gasteiger partial charge in [0.05, 0.1) is 19.3 Å². The third-order valence-corrected chi connectivity index (χ3v) is 2.59. The fourth-order valence-corrected chi connectivity index (χ4v) is 1.79. The minimum atomic E-state index is -0.143. The van der Waals surface area contributed by atoms with Crippen molar-refractivity contribution in [3.63, 3.8) is 0 Å². The topological polar surface area (TPSA) is 53.7 Å². The highest BCUT2D eigenvalue weighted by Gasteiger charge is 2.16. The first-order valence-corrected chi connectivity index (χ1v) is 6.27. The van der Waals surface area contributed by atoms with Gasteiger partial charge in [-0.3, -0.25) is 0 Å². The molecular weight excluding hydrogens is 230 g/mol. The lowest BCUT2D eigenvalue weighted by molar-refractivity contribution is 0.0649. The third kappa shape index (κ3) is 3.89. The van der Waals surface area contributed by atoms with Crippen molar-refractivity contribution in [3.8, 4) is 11.5 Å². The van der Waals surface area contributed by atoms with Crippen molar-refractivity contribution in [2.45, 2.75) is 32.9 Å². The number of ether oxygens (including phenoxy) is 3. The van der Waals surface area contributed by atoms with Crippen LogP contribution >= 0.6 is 0 Å². The molecule has 0 aromatic heterocycles. The van der Waals surface area contributed by atoms with Crippen LogP contribution in [0, 0.1) is 0 Å². The van der Waals surface area contributed by atoms with Gasteiger partial charge in [-0.2, -0.15) is 0 Å². The van der Waals surface area contributed by atoms with Gasteiger partial charge in [0, 0.05) is 12.6 Å². The van der Waals surface area contributed by atoms with Crippen LogP contribution in [0.5, 0.6) is 11.5 Å². The highest BCUT2D eigenvalue weighted by Crippen LogP contribution is 2.33. The van der Waals surface area contributed by atoms with Crippen LogP contribution in [-0.4, -0.2) is 26.4 Å². The van der Waals surface area contributed by atoms with Gasteiger partial charge < -0.3 is 19.9 Å². The number of hydrogen-bond acceptors (Lipinski definition) is 4. The molecule has 1 aromatic carbocycles. The molecule has 0 saturated carbocycles. The molecule has 18 heavy (non-hydrogen) atoms. The van der Waals surface area contributed by atoms with Crippen molar-refractivity contribution in [1.82, 2.24) is 0 Å². The van der Waals surface area contributed by atoms with Crippen LogP contribution in [0.2, 0.25) is 0 Å². The summed E-state index contributed by atoms with van der Waals surface area (Å²) in [7, 11) is 1.63. The monoisotopic (exact) mass is 253 g/mol. The average molecular weight is 253 g/mol. The fraction of sp³-hybridized carbons (Fsp3) is 0.571. The van der Waals surface area contributed by atoms with Crippen molar-refractivity contribution >= 4 is 0 Å². The van der Waals surface area contributed by atoms with Crippen molar-refractivity contribution in [2.75, 3.05) is 20.3 Å². The van der Waals surface area contributed by atoms with E-state index in [-0.39, 0.29) is 12.1 Å². The average Bonchev–Trinajstić information content (AvgIpc) is 2.35. The van der Waals surface area contributed by atoms with Crippen LogP contribution in [0.3, 0.4) is 0 Å². The summed E-state index contributed by atoms with van der Waals surface area (Å²) in [6.07, 6.45) is -0.0189. The highest BCUT2D eigenvalue weighted by atomic mass is 16.5. The molecule has 2 unspecified atom stereocenters. The van der Waals surface area contributed by atoms with Gasteiger partial charge in [-0.1, -0.05) is 6.07 Å². The van der Waals surface area contributed by atoms with E-state index in [2.05, 4.69) is 0 Å². The van der Waals surface area contributed by atoms with E-state index < -0.39 is 0 Å². The molecule has 1 aromatic rings. The molecule has 4 heteroatoms. The van der Waals surface area contributed by atoms with E-state index in [0.29, 0.717) is 13.2 Å². The van der Waals surface area contributed by atoms with Gasteiger partial charge in [0.25, 0.3) is 0 Å². The predicted octanol–water partition coefficient (Wildman–Crippen LogP) is 2.52. The van der Waals surface area contributed by atoms with Gasteiger partial charge in [-0.15, -0.1) is 0 Å². The second-order valence-corrected chi connectivity index (χ2v) is 4.25. The van der Waals surface area contributed by atoms with Crippen LogP contribution in [-0.2, 0) is 4.74 Å². The summed E-state index contributed by atoms with van der Waals surface area (Å²) >= 11 is 0. The smallest absolute Gasteiger partial charge is 0.128 e. The molecule has 0 aliphatic carbocycles. The van der Waals surface area contributed by atoms with Gasteiger partial charge in [-0.05, 0) is 32.9 Å². The lowest BCUT2D eigenvalue weighted by atomic mass is 10.1. The zero-order valence-electron chi connectivity index (χ0n) is 11.6. The third-order valence-electron chi connectivity index (χ3n) is 2.59. The Bertz CT molecular complexity index is 366. The summed E-state index contributed by atoms with van der Waals surface area (Å²) in [5.41, 5.74) is 6.87. The molecule has 0 aliphatic rings. The maximum Gasteiger partial charge on any atom is 0.128 e.